The van der Waals surface area contributed by atoms with Crippen molar-refractivity contribution in [1.82, 2.24) is 15.5 Å². The first-order valence-electron chi connectivity index (χ1n) is 8.28. The number of carboxylic acids is 1. The van der Waals surface area contributed by atoms with E-state index in [1.807, 2.05) is 6.26 Å². The van der Waals surface area contributed by atoms with Crippen molar-refractivity contribution in [2.45, 2.75) is 37.4 Å². The van der Waals surface area contributed by atoms with Gasteiger partial charge in [0.1, 0.15) is 18.1 Å². The molecule has 0 bridgehead atoms. The number of likely N-dealkylation sites (tertiary alicyclic amines) is 1. The van der Waals surface area contributed by atoms with Gasteiger partial charge in [-0.15, -0.1) is 0 Å². The number of aliphatic hydroxyl groups is 1. The molecule has 1 fully saturated rings. The molecular weight excluding hydrogens is 364 g/mol. The number of aliphatic carboxylic acids is 1. The lowest BCUT2D eigenvalue weighted by Crippen LogP contribution is -2.57. The fourth-order valence-electron chi connectivity index (χ4n) is 2.68. The molecule has 0 spiro atoms. The molecule has 1 aliphatic rings. The van der Waals surface area contributed by atoms with Gasteiger partial charge in [-0.3, -0.25) is 14.4 Å². The van der Waals surface area contributed by atoms with Crippen molar-refractivity contribution in [3.8, 4) is 0 Å². The standard InChI is InChI=1S/C15H26N4O6S/c1-26-6-4-9(15(24)25)17-13(22)10(8-20)18-14(23)11-3-2-5-19(11)12(21)7-16/h9-11,20H,2-8,16H2,1H3,(H,17,22)(H,18,23)(H,24,25). The van der Waals surface area contributed by atoms with E-state index < -0.39 is 42.5 Å². The Morgan fingerprint density at radius 2 is 1.96 bits per heavy atom. The van der Waals surface area contributed by atoms with Crippen LogP contribution < -0.4 is 16.4 Å². The molecule has 1 heterocycles. The monoisotopic (exact) mass is 390 g/mol. The molecule has 0 aromatic carbocycles. The highest BCUT2D eigenvalue weighted by atomic mass is 32.2. The Morgan fingerprint density at radius 3 is 2.50 bits per heavy atom. The lowest BCUT2D eigenvalue weighted by Gasteiger charge is -2.26. The Morgan fingerprint density at radius 1 is 1.27 bits per heavy atom. The van der Waals surface area contributed by atoms with Gasteiger partial charge in [0.05, 0.1) is 13.2 Å². The van der Waals surface area contributed by atoms with Gasteiger partial charge in [0, 0.05) is 6.54 Å². The van der Waals surface area contributed by atoms with Gasteiger partial charge in [-0.1, -0.05) is 0 Å². The van der Waals surface area contributed by atoms with Crippen LogP contribution in [0.2, 0.25) is 0 Å². The van der Waals surface area contributed by atoms with Crippen molar-refractivity contribution < 1.29 is 29.4 Å². The Labute approximate surface area is 155 Å². The molecule has 148 valence electrons. The number of carbonyl (C=O) groups excluding carboxylic acids is 3. The summed E-state index contributed by atoms with van der Waals surface area (Å²) in [6.07, 6.45) is 3.10. The van der Waals surface area contributed by atoms with Crippen molar-refractivity contribution >= 4 is 35.5 Å². The van der Waals surface area contributed by atoms with Gasteiger partial charge in [0.25, 0.3) is 0 Å². The number of nitrogens with two attached hydrogens (primary N) is 1. The molecule has 3 unspecified atom stereocenters. The first kappa shape index (κ1) is 22.2. The molecule has 3 atom stereocenters. The quantitative estimate of drug-likeness (QED) is 0.279. The van der Waals surface area contributed by atoms with E-state index >= 15 is 0 Å². The predicted octanol–water partition coefficient (Wildman–Crippen LogP) is -2.26. The second-order valence-corrected chi connectivity index (χ2v) is 6.86. The lowest BCUT2D eigenvalue weighted by molar-refractivity contribution is -0.143. The summed E-state index contributed by atoms with van der Waals surface area (Å²) in [5.41, 5.74) is 5.33. The summed E-state index contributed by atoms with van der Waals surface area (Å²) >= 11 is 1.44. The third-order valence-corrected chi connectivity index (χ3v) is 4.74. The summed E-state index contributed by atoms with van der Waals surface area (Å²) in [6.45, 7) is -0.507. The van der Waals surface area contributed by atoms with E-state index in [1.165, 1.54) is 16.7 Å². The fourth-order valence-corrected chi connectivity index (χ4v) is 3.15. The van der Waals surface area contributed by atoms with E-state index in [9.17, 15) is 24.3 Å². The fraction of sp³-hybridized carbons (Fsp3) is 0.733. The number of rotatable bonds is 10. The topological polar surface area (TPSA) is 162 Å². The number of hydrogen-bond acceptors (Lipinski definition) is 7. The second-order valence-electron chi connectivity index (χ2n) is 5.87. The maximum absolute atomic E-state index is 12.4. The number of nitrogens with zero attached hydrogens (tertiary/aromatic N) is 1. The van der Waals surface area contributed by atoms with Gasteiger partial charge in [-0.05, 0) is 31.3 Å². The minimum absolute atomic E-state index is 0.218. The molecule has 0 aromatic rings. The van der Waals surface area contributed by atoms with Crippen LogP contribution in [0, 0.1) is 0 Å². The summed E-state index contributed by atoms with van der Waals surface area (Å²) in [5, 5.41) is 23.3. The van der Waals surface area contributed by atoms with Crippen LogP contribution in [0.25, 0.3) is 0 Å². The predicted molar refractivity (Wildman–Crippen MR) is 95.4 cm³/mol. The third-order valence-electron chi connectivity index (χ3n) is 4.09. The van der Waals surface area contributed by atoms with Gasteiger partial charge in [0.2, 0.25) is 17.7 Å². The molecule has 26 heavy (non-hydrogen) atoms. The average molecular weight is 390 g/mol. The second kappa shape index (κ2) is 11.0. The molecule has 0 radical (unpaired) electrons. The van der Waals surface area contributed by atoms with Crippen LogP contribution in [0.3, 0.4) is 0 Å². The maximum atomic E-state index is 12.4. The zero-order chi connectivity index (χ0) is 19.7. The Bertz CT molecular complexity index is 532. The molecule has 3 amide bonds. The zero-order valence-electron chi connectivity index (χ0n) is 14.6. The van der Waals surface area contributed by atoms with Crippen molar-refractivity contribution in [3.63, 3.8) is 0 Å². The molecule has 6 N–H and O–H groups in total. The molecule has 11 heteroatoms. The number of thioether (sulfide) groups is 1. The minimum atomic E-state index is -1.30. The van der Waals surface area contributed by atoms with Crippen LogP contribution in [0.5, 0.6) is 0 Å². The van der Waals surface area contributed by atoms with Crippen LogP contribution >= 0.6 is 11.8 Å². The van der Waals surface area contributed by atoms with Crippen molar-refractivity contribution in [3.05, 3.63) is 0 Å². The first-order chi connectivity index (χ1) is 12.3. The van der Waals surface area contributed by atoms with E-state index in [-0.39, 0.29) is 18.9 Å². The van der Waals surface area contributed by atoms with Crippen molar-refractivity contribution in [2.24, 2.45) is 5.73 Å². The van der Waals surface area contributed by atoms with Crippen LogP contribution in [0.15, 0.2) is 0 Å². The van der Waals surface area contributed by atoms with Gasteiger partial charge < -0.3 is 31.5 Å². The van der Waals surface area contributed by atoms with E-state index in [4.69, 9.17) is 10.8 Å². The Hall–Kier alpha value is -1.85. The maximum Gasteiger partial charge on any atom is 0.326 e. The first-order valence-corrected chi connectivity index (χ1v) is 9.68. The van der Waals surface area contributed by atoms with E-state index in [0.717, 1.165) is 0 Å². The van der Waals surface area contributed by atoms with Crippen LogP contribution in [0.4, 0.5) is 0 Å². The molecule has 0 aromatic heterocycles. The van der Waals surface area contributed by atoms with E-state index in [1.54, 1.807) is 0 Å². The summed E-state index contributed by atoms with van der Waals surface area (Å²) in [6, 6.07) is -3.16. The summed E-state index contributed by atoms with van der Waals surface area (Å²) in [7, 11) is 0. The third kappa shape index (κ3) is 6.15. The number of carbonyl (C=O) groups is 4. The smallest absolute Gasteiger partial charge is 0.326 e. The highest BCUT2D eigenvalue weighted by Crippen LogP contribution is 2.17. The summed E-state index contributed by atoms with van der Waals surface area (Å²) in [5.74, 6) is -2.38. The van der Waals surface area contributed by atoms with E-state index in [0.29, 0.717) is 25.1 Å². The lowest BCUT2D eigenvalue weighted by atomic mass is 10.1. The summed E-state index contributed by atoms with van der Waals surface area (Å²) in [4.78, 5) is 48.9. The highest BCUT2D eigenvalue weighted by Gasteiger charge is 2.35. The molecule has 1 saturated heterocycles. The van der Waals surface area contributed by atoms with Gasteiger partial charge in [-0.25, -0.2) is 4.79 Å². The van der Waals surface area contributed by atoms with Crippen LogP contribution in [-0.2, 0) is 19.2 Å². The van der Waals surface area contributed by atoms with Gasteiger partial charge >= 0.3 is 5.97 Å². The molecule has 0 aliphatic carbocycles. The van der Waals surface area contributed by atoms with Crippen molar-refractivity contribution in [1.29, 1.82) is 0 Å². The largest absolute Gasteiger partial charge is 0.480 e. The average Bonchev–Trinajstić information content (AvgIpc) is 3.11. The molecule has 0 saturated carbocycles. The number of aliphatic hydroxyl groups excluding tert-OH is 1. The molecule has 1 rings (SSSR count). The Balaban J connectivity index is 2.69. The van der Waals surface area contributed by atoms with E-state index in [2.05, 4.69) is 10.6 Å². The number of nitrogens with one attached hydrogen (secondary N) is 2. The molecular formula is C15H26N4O6S. The number of amides is 3. The SMILES string of the molecule is CSCCC(NC(=O)C(CO)NC(=O)C1CCCN1C(=O)CN)C(=O)O. The Kier molecular flexibility index (Phi) is 9.38. The number of carboxylic acid groups (broad SMARTS) is 1. The van der Waals surface area contributed by atoms with Crippen LogP contribution in [0.1, 0.15) is 19.3 Å². The van der Waals surface area contributed by atoms with Crippen molar-refractivity contribution in [2.75, 3.05) is 31.7 Å². The normalized spacial score (nSPS) is 18.9. The van der Waals surface area contributed by atoms with Crippen LogP contribution in [-0.4, -0.2) is 88.6 Å². The molecule has 1 aliphatic heterocycles. The number of hydrogen-bond donors (Lipinski definition) is 5. The summed E-state index contributed by atoms with van der Waals surface area (Å²) < 4.78 is 0. The highest BCUT2D eigenvalue weighted by molar-refractivity contribution is 7.98. The van der Waals surface area contributed by atoms with Gasteiger partial charge in [-0.2, -0.15) is 11.8 Å². The molecule has 10 nitrogen and oxygen atoms in total. The zero-order valence-corrected chi connectivity index (χ0v) is 15.5. The minimum Gasteiger partial charge on any atom is -0.480 e. The van der Waals surface area contributed by atoms with Gasteiger partial charge in [0.15, 0.2) is 0 Å².